The first-order valence-corrected chi connectivity index (χ1v) is 13.6. The summed E-state index contributed by atoms with van der Waals surface area (Å²) < 4.78 is 6.25. The van der Waals surface area contributed by atoms with E-state index in [9.17, 15) is 9.90 Å². The number of unbranched alkanes of at least 4 members (excludes halogenated alkanes) is 2. The lowest BCUT2D eigenvalue weighted by Crippen LogP contribution is -2.09. The molecule has 2 aromatic rings. The molecule has 180 valence electrons. The Labute approximate surface area is 209 Å². The van der Waals surface area contributed by atoms with Crippen LogP contribution < -0.4 is 0 Å². The summed E-state index contributed by atoms with van der Waals surface area (Å²) in [6.07, 6.45) is 10.3. The Bertz CT molecular complexity index is 905. The number of thiophene rings is 1. The van der Waals surface area contributed by atoms with Crippen LogP contribution >= 0.6 is 27.3 Å². The highest BCUT2D eigenvalue weighted by Gasteiger charge is 2.29. The Balaban J connectivity index is 1.52. The number of aliphatic hydroxyl groups excluding tert-OH is 2. The Morgan fingerprint density at radius 2 is 1.97 bits per heavy atom. The van der Waals surface area contributed by atoms with Gasteiger partial charge < -0.3 is 14.9 Å². The summed E-state index contributed by atoms with van der Waals surface area (Å²) in [4.78, 5) is 13.7. The van der Waals surface area contributed by atoms with Crippen molar-refractivity contribution in [3.63, 3.8) is 0 Å². The highest BCUT2D eigenvalue weighted by Crippen LogP contribution is 2.45. The lowest BCUT2D eigenvalue weighted by Gasteiger charge is -2.22. The zero-order chi connectivity index (χ0) is 23.6. The van der Waals surface area contributed by atoms with Gasteiger partial charge in [-0.25, -0.2) is 4.79 Å². The molecule has 1 aliphatic carbocycles. The molecule has 1 aliphatic rings. The number of allylic oxidation sites excluding steroid dienone is 2. The molecule has 0 spiro atoms. The van der Waals surface area contributed by atoms with Crippen LogP contribution in [0.5, 0.6) is 0 Å². The van der Waals surface area contributed by atoms with Crippen molar-refractivity contribution < 1.29 is 19.7 Å². The number of ether oxygens (including phenoxy) is 1. The maximum absolute atomic E-state index is 11.9. The molecule has 0 bridgehead atoms. The van der Waals surface area contributed by atoms with E-state index in [1.807, 2.05) is 12.1 Å². The molecule has 0 saturated carbocycles. The van der Waals surface area contributed by atoms with Crippen LogP contribution in [0, 0.1) is 5.92 Å². The molecule has 0 amide bonds. The zero-order valence-electron chi connectivity index (χ0n) is 19.3. The van der Waals surface area contributed by atoms with Crippen molar-refractivity contribution in [2.45, 2.75) is 70.3 Å². The van der Waals surface area contributed by atoms with E-state index in [1.54, 1.807) is 0 Å². The van der Waals surface area contributed by atoms with E-state index in [0.29, 0.717) is 16.7 Å². The molecule has 0 saturated heterocycles. The van der Waals surface area contributed by atoms with Gasteiger partial charge in [-0.05, 0) is 65.8 Å². The van der Waals surface area contributed by atoms with Crippen molar-refractivity contribution in [3.05, 3.63) is 67.8 Å². The van der Waals surface area contributed by atoms with E-state index < -0.39 is 0 Å². The Hall–Kier alpha value is -1.47. The van der Waals surface area contributed by atoms with Crippen molar-refractivity contribution in [1.29, 1.82) is 0 Å². The summed E-state index contributed by atoms with van der Waals surface area (Å²) in [6.45, 7) is 2.06. The van der Waals surface area contributed by atoms with Crippen molar-refractivity contribution in [2.75, 3.05) is 13.2 Å². The van der Waals surface area contributed by atoms with Crippen LogP contribution in [0.15, 0.2) is 47.0 Å². The van der Waals surface area contributed by atoms with Gasteiger partial charge in [-0.1, -0.05) is 72.5 Å². The van der Waals surface area contributed by atoms with Gasteiger partial charge in [-0.2, -0.15) is 0 Å². The average molecular weight is 536 g/mol. The fourth-order valence-corrected chi connectivity index (χ4v) is 6.29. The van der Waals surface area contributed by atoms with Gasteiger partial charge in [-0.15, -0.1) is 11.3 Å². The fourth-order valence-electron chi connectivity index (χ4n) is 4.52. The zero-order valence-corrected chi connectivity index (χ0v) is 21.7. The predicted octanol–water partition coefficient (Wildman–Crippen LogP) is 6.92. The van der Waals surface area contributed by atoms with E-state index in [1.165, 1.54) is 32.7 Å². The number of carbonyl (C=O) groups is 1. The first-order valence-electron chi connectivity index (χ1n) is 12.0. The number of hydrogen-bond donors (Lipinski definition) is 2. The van der Waals surface area contributed by atoms with Gasteiger partial charge >= 0.3 is 5.97 Å². The summed E-state index contributed by atoms with van der Waals surface area (Å²) in [6, 6.07) is 12.4. The van der Waals surface area contributed by atoms with Gasteiger partial charge in [0.25, 0.3) is 0 Å². The van der Waals surface area contributed by atoms with E-state index in [-0.39, 0.29) is 25.3 Å². The standard InChI is InChI=1S/C27H35BrO4S/c1-2-3-4-8-24(30)19-9-11-21(12-10-19)26-20(13-15-23(26)28)6-5-7-22-14-16-25(33-22)27(31)32-18-17-29/h9-12,14-16,20,24,26,29-30H,2-8,13,17-18H2,1H3/t20?,24-,26-/m0/s1. The van der Waals surface area contributed by atoms with Gasteiger partial charge in [0.05, 0.1) is 12.7 Å². The first-order chi connectivity index (χ1) is 16.0. The number of rotatable bonds is 13. The quantitative estimate of drug-likeness (QED) is 0.216. The molecule has 1 aromatic carbocycles. The SMILES string of the molecule is CCCCC[C@H](O)c1ccc([C@H]2C(Br)=CCC2CCCc2ccc(C(=O)OCCO)s2)cc1. The van der Waals surface area contributed by atoms with Crippen LogP contribution in [0.2, 0.25) is 0 Å². The molecule has 1 heterocycles. The molecule has 33 heavy (non-hydrogen) atoms. The maximum atomic E-state index is 11.9. The summed E-state index contributed by atoms with van der Waals surface area (Å²) in [5.41, 5.74) is 2.31. The van der Waals surface area contributed by atoms with E-state index >= 15 is 0 Å². The second-order valence-electron chi connectivity index (χ2n) is 8.76. The summed E-state index contributed by atoms with van der Waals surface area (Å²) in [7, 11) is 0. The lowest BCUT2D eigenvalue weighted by atomic mass is 9.84. The van der Waals surface area contributed by atoms with E-state index in [0.717, 1.165) is 50.5 Å². The number of carbonyl (C=O) groups excluding carboxylic acids is 1. The van der Waals surface area contributed by atoms with Crippen LogP contribution in [0.3, 0.4) is 0 Å². The number of benzene rings is 1. The van der Waals surface area contributed by atoms with Crippen molar-refractivity contribution in [3.8, 4) is 0 Å². The molecule has 4 nitrogen and oxygen atoms in total. The summed E-state index contributed by atoms with van der Waals surface area (Å²) in [5, 5.41) is 19.2. The van der Waals surface area contributed by atoms with Crippen LogP contribution in [-0.2, 0) is 11.2 Å². The highest BCUT2D eigenvalue weighted by atomic mass is 79.9. The minimum Gasteiger partial charge on any atom is -0.459 e. The monoisotopic (exact) mass is 534 g/mol. The van der Waals surface area contributed by atoms with Gasteiger partial charge in [-0.3, -0.25) is 0 Å². The third-order valence-corrected chi connectivity index (χ3v) is 8.27. The normalized spacial score (nSPS) is 18.8. The van der Waals surface area contributed by atoms with Crippen LogP contribution in [0.25, 0.3) is 0 Å². The molecule has 1 unspecified atom stereocenters. The van der Waals surface area contributed by atoms with Gasteiger partial charge in [0, 0.05) is 10.8 Å². The molecule has 3 rings (SSSR count). The van der Waals surface area contributed by atoms with E-state index in [4.69, 9.17) is 9.84 Å². The Morgan fingerprint density at radius 3 is 2.70 bits per heavy atom. The summed E-state index contributed by atoms with van der Waals surface area (Å²) >= 11 is 5.27. The second kappa shape index (κ2) is 13.4. The lowest BCUT2D eigenvalue weighted by molar-refractivity contribution is 0.0439. The topological polar surface area (TPSA) is 66.8 Å². The number of aryl methyl sites for hydroxylation is 1. The molecular weight excluding hydrogens is 500 g/mol. The van der Waals surface area contributed by atoms with Crippen LogP contribution in [-0.4, -0.2) is 29.4 Å². The number of halogens is 1. The first kappa shape index (κ1) is 26.1. The molecule has 2 N–H and O–H groups in total. The third-order valence-electron chi connectivity index (χ3n) is 6.33. The highest BCUT2D eigenvalue weighted by molar-refractivity contribution is 9.11. The minimum absolute atomic E-state index is 0.0375. The fraction of sp³-hybridized carbons (Fsp3) is 0.519. The van der Waals surface area contributed by atoms with Crippen molar-refractivity contribution in [1.82, 2.24) is 0 Å². The van der Waals surface area contributed by atoms with Gasteiger partial charge in [0.2, 0.25) is 0 Å². The molecule has 1 aromatic heterocycles. The van der Waals surface area contributed by atoms with Gasteiger partial charge in [0.1, 0.15) is 11.5 Å². The average Bonchev–Trinajstić information content (AvgIpc) is 3.44. The molecule has 0 fully saturated rings. The van der Waals surface area contributed by atoms with E-state index in [2.05, 4.69) is 53.2 Å². The Kier molecular flexibility index (Phi) is 10.6. The largest absolute Gasteiger partial charge is 0.459 e. The molecule has 6 heteroatoms. The van der Waals surface area contributed by atoms with Crippen molar-refractivity contribution >= 4 is 33.2 Å². The van der Waals surface area contributed by atoms with Gasteiger partial charge in [0.15, 0.2) is 0 Å². The maximum Gasteiger partial charge on any atom is 0.348 e. The third kappa shape index (κ3) is 7.51. The number of hydrogen-bond acceptors (Lipinski definition) is 5. The van der Waals surface area contributed by atoms with Crippen LogP contribution in [0.4, 0.5) is 0 Å². The van der Waals surface area contributed by atoms with Crippen LogP contribution in [0.1, 0.15) is 89.6 Å². The number of aliphatic hydroxyl groups is 2. The molecule has 0 radical (unpaired) electrons. The molecule has 0 aliphatic heterocycles. The smallest absolute Gasteiger partial charge is 0.348 e. The van der Waals surface area contributed by atoms with Crippen molar-refractivity contribution in [2.24, 2.45) is 5.92 Å². The summed E-state index contributed by atoms with van der Waals surface area (Å²) in [5.74, 6) is 0.556. The number of esters is 1. The second-order valence-corrected chi connectivity index (χ2v) is 10.8. The molecule has 3 atom stereocenters. The minimum atomic E-state index is -0.374. The molecular formula is C27H35BrO4S. The predicted molar refractivity (Wildman–Crippen MR) is 138 cm³/mol. The Morgan fingerprint density at radius 1 is 1.18 bits per heavy atom.